The van der Waals surface area contributed by atoms with Crippen molar-refractivity contribution in [1.82, 2.24) is 9.97 Å². The number of rotatable bonds is 4. The lowest BCUT2D eigenvalue weighted by Crippen LogP contribution is -1.88. The highest BCUT2D eigenvalue weighted by atomic mass is 16.5. The smallest absolute Gasteiger partial charge is 0.0884 e. The van der Waals surface area contributed by atoms with Gasteiger partial charge in [-0.05, 0) is 24.3 Å². The van der Waals surface area contributed by atoms with Gasteiger partial charge in [0.05, 0.1) is 24.6 Å². The van der Waals surface area contributed by atoms with Crippen LogP contribution in [0.2, 0.25) is 0 Å². The maximum absolute atomic E-state index is 4.87. The second-order valence-electron chi connectivity index (χ2n) is 3.51. The summed E-state index contributed by atoms with van der Waals surface area (Å²) >= 11 is 0. The summed E-state index contributed by atoms with van der Waals surface area (Å²) in [5.41, 5.74) is 1.94. The topological polar surface area (TPSA) is 44.2 Å². The predicted molar refractivity (Wildman–Crippen MR) is 69.9 cm³/mol. The summed E-state index contributed by atoms with van der Waals surface area (Å²) in [6, 6.07) is 11.5. The number of hydrogen-bond acceptors (Lipinski definition) is 4. The summed E-state index contributed by atoms with van der Waals surface area (Å²) in [5, 5.41) is 0. The van der Waals surface area contributed by atoms with Crippen LogP contribution in [0.1, 0.15) is 11.4 Å². The van der Waals surface area contributed by atoms with E-state index in [1.165, 1.54) is 0 Å². The molecule has 2 heterocycles. The molecule has 0 N–H and O–H groups in total. The minimum atomic E-state index is 0.598. The van der Waals surface area contributed by atoms with Crippen LogP contribution in [0, 0.1) is 0 Å². The van der Waals surface area contributed by atoms with Crippen molar-refractivity contribution in [2.45, 2.75) is 13.2 Å². The van der Waals surface area contributed by atoms with E-state index in [9.17, 15) is 0 Å². The standard InChI is InChI=1S/2C7H9NO/c2*1-9-6-7-4-2-3-5-8-7/h2*2-5H,6H2,1H3. The first-order valence-corrected chi connectivity index (χ1v) is 5.64. The largest absolute Gasteiger partial charge is 0.378 e. The third-order valence-corrected chi connectivity index (χ3v) is 2.04. The third-order valence-electron chi connectivity index (χ3n) is 2.04. The molecule has 4 heteroatoms. The van der Waals surface area contributed by atoms with Gasteiger partial charge in [0.25, 0.3) is 0 Å². The number of ether oxygens (including phenoxy) is 2. The van der Waals surface area contributed by atoms with Crippen molar-refractivity contribution < 1.29 is 9.47 Å². The molecule has 0 aliphatic rings. The highest BCUT2D eigenvalue weighted by Crippen LogP contribution is 1.93. The zero-order valence-corrected chi connectivity index (χ0v) is 10.7. The van der Waals surface area contributed by atoms with Crippen LogP contribution in [0.4, 0.5) is 0 Å². The quantitative estimate of drug-likeness (QED) is 0.831. The third kappa shape index (κ3) is 6.08. The summed E-state index contributed by atoms with van der Waals surface area (Å²) in [5.74, 6) is 0. The molecule has 0 aromatic carbocycles. The number of aromatic nitrogens is 2. The number of nitrogens with zero attached hydrogens (tertiary/aromatic N) is 2. The van der Waals surface area contributed by atoms with Gasteiger partial charge in [-0.25, -0.2) is 0 Å². The second kappa shape index (κ2) is 9.27. The monoisotopic (exact) mass is 246 g/mol. The van der Waals surface area contributed by atoms with Gasteiger partial charge in [0, 0.05) is 26.6 Å². The van der Waals surface area contributed by atoms with Crippen molar-refractivity contribution in [1.29, 1.82) is 0 Å². The fourth-order valence-electron chi connectivity index (χ4n) is 1.26. The Morgan fingerprint density at radius 1 is 0.778 bits per heavy atom. The Balaban J connectivity index is 0.000000180. The van der Waals surface area contributed by atoms with Crippen LogP contribution < -0.4 is 0 Å². The normalized spacial score (nSPS) is 9.44. The Hall–Kier alpha value is -1.78. The summed E-state index contributed by atoms with van der Waals surface area (Å²) < 4.78 is 9.73. The first kappa shape index (κ1) is 14.3. The van der Waals surface area contributed by atoms with Crippen molar-refractivity contribution in [2.24, 2.45) is 0 Å². The second-order valence-corrected chi connectivity index (χ2v) is 3.51. The molecular weight excluding hydrogens is 228 g/mol. The fraction of sp³-hybridized carbons (Fsp3) is 0.286. The van der Waals surface area contributed by atoms with E-state index in [1.807, 2.05) is 36.4 Å². The Bertz CT molecular complexity index is 365. The van der Waals surface area contributed by atoms with Crippen molar-refractivity contribution in [3.8, 4) is 0 Å². The van der Waals surface area contributed by atoms with Gasteiger partial charge in [-0.2, -0.15) is 0 Å². The number of pyridine rings is 2. The van der Waals surface area contributed by atoms with Crippen molar-refractivity contribution in [3.63, 3.8) is 0 Å². The van der Waals surface area contributed by atoms with E-state index < -0.39 is 0 Å². The average molecular weight is 246 g/mol. The highest BCUT2D eigenvalue weighted by molar-refractivity contribution is 5.02. The van der Waals surface area contributed by atoms with E-state index in [4.69, 9.17) is 9.47 Å². The van der Waals surface area contributed by atoms with Crippen LogP contribution in [0.3, 0.4) is 0 Å². The molecule has 0 aliphatic heterocycles. The lowest BCUT2D eigenvalue weighted by molar-refractivity contribution is 0.181. The molecule has 2 aromatic heterocycles. The minimum Gasteiger partial charge on any atom is -0.378 e. The molecular formula is C14H18N2O2. The number of methoxy groups -OCH3 is 2. The van der Waals surface area contributed by atoms with Crippen LogP contribution in [-0.2, 0) is 22.7 Å². The van der Waals surface area contributed by atoms with Gasteiger partial charge in [0.15, 0.2) is 0 Å². The molecule has 0 fully saturated rings. The SMILES string of the molecule is COCc1ccccn1.COCc1ccccn1. The molecule has 2 rings (SSSR count). The minimum absolute atomic E-state index is 0.598. The Kier molecular flexibility index (Phi) is 7.36. The fourth-order valence-corrected chi connectivity index (χ4v) is 1.26. The molecule has 0 unspecified atom stereocenters. The lowest BCUT2D eigenvalue weighted by atomic mass is 10.4. The van der Waals surface area contributed by atoms with Crippen molar-refractivity contribution >= 4 is 0 Å². The zero-order chi connectivity index (χ0) is 13.1. The molecule has 96 valence electrons. The van der Waals surface area contributed by atoms with E-state index in [2.05, 4.69) is 9.97 Å². The Morgan fingerprint density at radius 3 is 1.50 bits per heavy atom. The first-order valence-electron chi connectivity index (χ1n) is 5.64. The molecule has 18 heavy (non-hydrogen) atoms. The number of hydrogen-bond donors (Lipinski definition) is 0. The van der Waals surface area contributed by atoms with Gasteiger partial charge in [-0.1, -0.05) is 12.1 Å². The maximum Gasteiger partial charge on any atom is 0.0884 e. The zero-order valence-electron chi connectivity index (χ0n) is 10.7. The van der Waals surface area contributed by atoms with Crippen LogP contribution in [-0.4, -0.2) is 24.2 Å². The van der Waals surface area contributed by atoms with Crippen molar-refractivity contribution in [3.05, 3.63) is 60.2 Å². The molecule has 0 radical (unpaired) electrons. The van der Waals surface area contributed by atoms with E-state index in [0.717, 1.165) is 11.4 Å². The molecule has 0 atom stereocenters. The Labute approximate surface area is 108 Å². The summed E-state index contributed by atoms with van der Waals surface area (Å²) in [7, 11) is 3.32. The molecule has 0 spiro atoms. The van der Waals surface area contributed by atoms with Gasteiger partial charge in [0.2, 0.25) is 0 Å². The van der Waals surface area contributed by atoms with E-state index in [1.54, 1.807) is 26.6 Å². The van der Waals surface area contributed by atoms with Crippen molar-refractivity contribution in [2.75, 3.05) is 14.2 Å². The first-order chi connectivity index (χ1) is 8.86. The van der Waals surface area contributed by atoms with Gasteiger partial charge in [-0.3, -0.25) is 9.97 Å². The summed E-state index contributed by atoms with van der Waals surface area (Å²) in [4.78, 5) is 8.09. The van der Waals surface area contributed by atoms with Gasteiger partial charge in [0.1, 0.15) is 0 Å². The molecule has 0 saturated carbocycles. The van der Waals surface area contributed by atoms with E-state index in [0.29, 0.717) is 13.2 Å². The summed E-state index contributed by atoms with van der Waals surface area (Å²) in [6.45, 7) is 1.20. The van der Waals surface area contributed by atoms with Gasteiger partial charge < -0.3 is 9.47 Å². The summed E-state index contributed by atoms with van der Waals surface area (Å²) in [6.07, 6.45) is 3.52. The molecule has 0 aliphatic carbocycles. The predicted octanol–water partition coefficient (Wildman–Crippen LogP) is 2.46. The maximum atomic E-state index is 4.87. The van der Waals surface area contributed by atoms with Crippen LogP contribution in [0.5, 0.6) is 0 Å². The van der Waals surface area contributed by atoms with Crippen LogP contribution >= 0.6 is 0 Å². The highest BCUT2D eigenvalue weighted by Gasteiger charge is 1.87. The average Bonchev–Trinajstić information content (AvgIpc) is 2.43. The van der Waals surface area contributed by atoms with Gasteiger partial charge in [-0.15, -0.1) is 0 Å². The van der Waals surface area contributed by atoms with Crippen LogP contribution in [0.25, 0.3) is 0 Å². The Morgan fingerprint density at radius 2 is 1.22 bits per heavy atom. The van der Waals surface area contributed by atoms with Gasteiger partial charge >= 0.3 is 0 Å². The van der Waals surface area contributed by atoms with E-state index >= 15 is 0 Å². The van der Waals surface area contributed by atoms with E-state index in [-0.39, 0.29) is 0 Å². The molecule has 4 nitrogen and oxygen atoms in total. The van der Waals surface area contributed by atoms with Crippen LogP contribution in [0.15, 0.2) is 48.8 Å². The lowest BCUT2D eigenvalue weighted by Gasteiger charge is -1.94. The molecule has 0 bridgehead atoms. The molecule has 2 aromatic rings. The molecule has 0 amide bonds. The molecule has 0 saturated heterocycles.